The zero-order valence-electron chi connectivity index (χ0n) is 17.2. The summed E-state index contributed by atoms with van der Waals surface area (Å²) in [7, 11) is 0. The van der Waals surface area contributed by atoms with E-state index in [9.17, 15) is 18.0 Å². The smallest absolute Gasteiger partial charge is 0.416 e. The van der Waals surface area contributed by atoms with E-state index in [-0.39, 0.29) is 12.0 Å². The summed E-state index contributed by atoms with van der Waals surface area (Å²) in [6, 6.07) is 8.68. The minimum Gasteiger partial charge on any atom is -0.475 e. The van der Waals surface area contributed by atoms with E-state index in [0.717, 1.165) is 30.7 Å². The first-order valence-electron chi connectivity index (χ1n) is 10.0. The number of nitrogens with zero attached hydrogens (tertiary/aromatic N) is 3. The minimum atomic E-state index is -4.32. The molecule has 162 valence electrons. The van der Waals surface area contributed by atoms with Crippen LogP contribution >= 0.6 is 0 Å². The largest absolute Gasteiger partial charge is 0.475 e. The lowest BCUT2D eigenvalue weighted by Gasteiger charge is -2.22. The SMILES string of the molecule is CC(C)Oc1ccc(C(=O)N2CCCN(Cc3ccc(C(F)(F)F)cc3)CC2)cn1. The highest BCUT2D eigenvalue weighted by molar-refractivity contribution is 5.94. The van der Waals surface area contributed by atoms with E-state index in [1.807, 2.05) is 13.8 Å². The molecule has 0 saturated carbocycles. The molecule has 1 aromatic heterocycles. The van der Waals surface area contributed by atoms with E-state index in [0.29, 0.717) is 37.6 Å². The van der Waals surface area contributed by atoms with Crippen molar-refractivity contribution in [3.05, 3.63) is 59.3 Å². The molecule has 1 fully saturated rings. The summed E-state index contributed by atoms with van der Waals surface area (Å²) in [6.07, 6.45) is -1.98. The minimum absolute atomic E-state index is 0.0142. The van der Waals surface area contributed by atoms with E-state index in [2.05, 4.69) is 9.88 Å². The van der Waals surface area contributed by atoms with Gasteiger partial charge in [-0.2, -0.15) is 13.2 Å². The van der Waals surface area contributed by atoms with Crippen LogP contribution < -0.4 is 4.74 Å². The van der Waals surface area contributed by atoms with Crippen molar-refractivity contribution in [1.82, 2.24) is 14.8 Å². The number of pyridine rings is 1. The molecule has 0 radical (unpaired) electrons. The van der Waals surface area contributed by atoms with Gasteiger partial charge >= 0.3 is 6.18 Å². The summed E-state index contributed by atoms with van der Waals surface area (Å²) in [6.45, 7) is 7.01. The molecule has 30 heavy (non-hydrogen) atoms. The molecular formula is C22H26F3N3O2. The van der Waals surface area contributed by atoms with Crippen LogP contribution in [-0.2, 0) is 12.7 Å². The van der Waals surface area contributed by atoms with Crippen molar-refractivity contribution in [1.29, 1.82) is 0 Å². The van der Waals surface area contributed by atoms with Crippen molar-refractivity contribution in [2.75, 3.05) is 26.2 Å². The lowest BCUT2D eigenvalue weighted by molar-refractivity contribution is -0.137. The quantitative estimate of drug-likeness (QED) is 0.725. The van der Waals surface area contributed by atoms with Crippen LogP contribution in [0.3, 0.4) is 0 Å². The third-order valence-electron chi connectivity index (χ3n) is 4.90. The van der Waals surface area contributed by atoms with Gasteiger partial charge in [0.1, 0.15) is 0 Å². The molecule has 0 atom stereocenters. The van der Waals surface area contributed by atoms with Crippen LogP contribution in [0.5, 0.6) is 5.88 Å². The molecule has 1 aliphatic rings. The fourth-order valence-corrected chi connectivity index (χ4v) is 3.39. The van der Waals surface area contributed by atoms with E-state index >= 15 is 0 Å². The second kappa shape index (κ2) is 9.47. The lowest BCUT2D eigenvalue weighted by atomic mass is 10.1. The average molecular weight is 421 g/mol. The molecule has 1 aromatic carbocycles. The van der Waals surface area contributed by atoms with Gasteiger partial charge in [0.2, 0.25) is 5.88 Å². The first kappa shape index (κ1) is 22.1. The lowest BCUT2D eigenvalue weighted by Crippen LogP contribution is -2.35. The Morgan fingerprint density at radius 3 is 2.40 bits per heavy atom. The molecule has 1 aliphatic heterocycles. The summed E-state index contributed by atoms with van der Waals surface area (Å²) >= 11 is 0. The van der Waals surface area contributed by atoms with Crippen molar-refractivity contribution < 1.29 is 22.7 Å². The highest BCUT2D eigenvalue weighted by Gasteiger charge is 2.30. The zero-order valence-corrected chi connectivity index (χ0v) is 17.2. The van der Waals surface area contributed by atoms with E-state index in [4.69, 9.17) is 4.74 Å². The Labute approximate surface area is 174 Å². The standard InChI is InChI=1S/C22H26F3N3O2/c1-16(2)30-20-9-6-18(14-26-20)21(29)28-11-3-10-27(12-13-28)15-17-4-7-19(8-5-17)22(23,24)25/h4-9,14,16H,3,10-13,15H2,1-2H3. The van der Waals surface area contributed by atoms with Crippen molar-refractivity contribution in [3.63, 3.8) is 0 Å². The van der Waals surface area contributed by atoms with Crippen molar-refractivity contribution in [2.45, 2.75) is 39.1 Å². The summed E-state index contributed by atoms with van der Waals surface area (Å²) in [5, 5.41) is 0. The Balaban J connectivity index is 1.56. The number of hydrogen-bond acceptors (Lipinski definition) is 4. The Bertz CT molecular complexity index is 836. The van der Waals surface area contributed by atoms with Crippen LogP contribution in [0.25, 0.3) is 0 Å². The highest BCUT2D eigenvalue weighted by atomic mass is 19.4. The van der Waals surface area contributed by atoms with Gasteiger partial charge < -0.3 is 9.64 Å². The first-order valence-corrected chi connectivity index (χ1v) is 10.0. The highest BCUT2D eigenvalue weighted by Crippen LogP contribution is 2.29. The van der Waals surface area contributed by atoms with Crippen LogP contribution in [0.15, 0.2) is 42.6 Å². The van der Waals surface area contributed by atoms with Crippen LogP contribution in [0.1, 0.15) is 41.8 Å². The van der Waals surface area contributed by atoms with Gasteiger partial charge in [0, 0.05) is 45.0 Å². The summed E-state index contributed by atoms with van der Waals surface area (Å²) < 4.78 is 43.6. The van der Waals surface area contributed by atoms with Gasteiger partial charge in [-0.15, -0.1) is 0 Å². The van der Waals surface area contributed by atoms with Crippen LogP contribution in [0.4, 0.5) is 13.2 Å². The van der Waals surface area contributed by atoms with Gasteiger partial charge in [0.05, 0.1) is 17.2 Å². The molecule has 0 N–H and O–H groups in total. The van der Waals surface area contributed by atoms with Gasteiger partial charge in [-0.1, -0.05) is 12.1 Å². The number of alkyl halides is 3. The maximum Gasteiger partial charge on any atom is 0.416 e. The van der Waals surface area contributed by atoms with Gasteiger partial charge in [0.15, 0.2) is 0 Å². The number of carbonyl (C=O) groups excluding carboxylic acids is 1. The molecule has 0 aliphatic carbocycles. The molecule has 3 rings (SSSR count). The predicted octanol–water partition coefficient (Wildman–Crippen LogP) is 4.24. The fraction of sp³-hybridized carbons (Fsp3) is 0.455. The maximum absolute atomic E-state index is 12.8. The normalized spacial score (nSPS) is 15.9. The van der Waals surface area contributed by atoms with Crippen molar-refractivity contribution >= 4 is 5.91 Å². The molecule has 5 nitrogen and oxygen atoms in total. The second-order valence-corrected chi connectivity index (χ2v) is 7.67. The summed E-state index contributed by atoms with van der Waals surface area (Å²) in [4.78, 5) is 21.0. The molecule has 0 unspecified atom stereocenters. The van der Waals surface area contributed by atoms with Crippen LogP contribution in [0, 0.1) is 0 Å². The average Bonchev–Trinajstić information content (AvgIpc) is 2.93. The predicted molar refractivity (Wildman–Crippen MR) is 107 cm³/mol. The molecular weight excluding hydrogens is 395 g/mol. The monoisotopic (exact) mass is 421 g/mol. The molecule has 2 aromatic rings. The number of hydrogen-bond donors (Lipinski definition) is 0. The van der Waals surface area contributed by atoms with E-state index < -0.39 is 11.7 Å². The van der Waals surface area contributed by atoms with Crippen LogP contribution in [-0.4, -0.2) is 53.0 Å². The number of benzene rings is 1. The second-order valence-electron chi connectivity index (χ2n) is 7.67. The third kappa shape index (κ3) is 5.95. The Kier molecular flexibility index (Phi) is 6.97. The molecule has 1 saturated heterocycles. The van der Waals surface area contributed by atoms with Gasteiger partial charge in [-0.05, 0) is 44.0 Å². The molecule has 1 amide bonds. The topological polar surface area (TPSA) is 45.7 Å². The Hall–Kier alpha value is -2.61. The fourth-order valence-electron chi connectivity index (χ4n) is 3.39. The van der Waals surface area contributed by atoms with E-state index in [1.165, 1.54) is 18.3 Å². The molecule has 8 heteroatoms. The Morgan fingerprint density at radius 2 is 1.80 bits per heavy atom. The number of carbonyl (C=O) groups is 1. The molecule has 0 spiro atoms. The van der Waals surface area contributed by atoms with Crippen molar-refractivity contribution in [3.8, 4) is 5.88 Å². The third-order valence-corrected chi connectivity index (χ3v) is 4.90. The van der Waals surface area contributed by atoms with Gasteiger partial charge in [-0.3, -0.25) is 9.69 Å². The Morgan fingerprint density at radius 1 is 1.07 bits per heavy atom. The van der Waals surface area contributed by atoms with Crippen LogP contribution in [0.2, 0.25) is 0 Å². The number of aromatic nitrogens is 1. The number of halogens is 3. The first-order chi connectivity index (χ1) is 14.2. The van der Waals surface area contributed by atoms with Gasteiger partial charge in [0.25, 0.3) is 5.91 Å². The van der Waals surface area contributed by atoms with E-state index in [1.54, 1.807) is 17.0 Å². The maximum atomic E-state index is 12.8. The van der Waals surface area contributed by atoms with Gasteiger partial charge in [-0.25, -0.2) is 4.98 Å². The summed E-state index contributed by atoms with van der Waals surface area (Å²) in [5.74, 6) is 0.412. The number of ether oxygens (including phenoxy) is 1. The zero-order chi connectivity index (χ0) is 21.7. The number of amides is 1. The molecule has 0 bridgehead atoms. The summed E-state index contributed by atoms with van der Waals surface area (Å²) in [5.41, 5.74) is 0.701. The number of rotatable bonds is 5. The molecule has 2 heterocycles. The van der Waals surface area contributed by atoms with Crippen molar-refractivity contribution in [2.24, 2.45) is 0 Å².